The molecular weight excluding hydrogens is 328 g/mol. The highest BCUT2D eigenvalue weighted by Crippen LogP contribution is 2.31. The van der Waals surface area contributed by atoms with E-state index in [1.54, 1.807) is 0 Å². The van der Waals surface area contributed by atoms with Crippen LogP contribution in [-0.2, 0) is 19.5 Å². The lowest BCUT2D eigenvalue weighted by Gasteiger charge is -2.27. The predicted octanol–water partition coefficient (Wildman–Crippen LogP) is 0.911. The third-order valence-electron chi connectivity index (χ3n) is 4.43. The van der Waals surface area contributed by atoms with Crippen molar-refractivity contribution in [2.45, 2.75) is 56.7 Å². The lowest BCUT2D eigenvalue weighted by Crippen LogP contribution is -2.44. The van der Waals surface area contributed by atoms with Crippen molar-refractivity contribution < 1.29 is 26.8 Å². The third-order valence-corrected chi connectivity index (χ3v) is 4.78. The Kier molecular flexibility index (Phi) is 4.34. The number of amides is 3. The molecule has 3 fully saturated rings. The van der Waals surface area contributed by atoms with Gasteiger partial charge in [0.1, 0.15) is 6.04 Å². The lowest BCUT2D eigenvalue weighted by molar-refractivity contribution is -0.123. The summed E-state index contributed by atoms with van der Waals surface area (Å²) in [6.07, 6.45) is 4.73. The van der Waals surface area contributed by atoms with Gasteiger partial charge < -0.3 is 4.90 Å². The van der Waals surface area contributed by atoms with Crippen LogP contribution in [0.1, 0.15) is 38.5 Å². The zero-order chi connectivity index (χ0) is 16.6. The fraction of sp³-hybridized carbons (Fsp3) is 0.833. The molecule has 3 aliphatic rings. The Balaban J connectivity index is 1.67. The molecule has 0 aromatic rings. The summed E-state index contributed by atoms with van der Waals surface area (Å²) in [5.74, 6) is -0.502. The van der Waals surface area contributed by atoms with Crippen molar-refractivity contribution >= 4 is 22.3 Å². The Morgan fingerprint density at radius 1 is 1.22 bits per heavy atom. The zero-order valence-electron chi connectivity index (χ0n) is 12.4. The first kappa shape index (κ1) is 16.3. The first-order chi connectivity index (χ1) is 10.8. The van der Waals surface area contributed by atoms with Crippen molar-refractivity contribution in [2.75, 3.05) is 6.54 Å². The minimum Gasteiger partial charge on any atom is -0.308 e. The minimum absolute atomic E-state index is 0.0731. The van der Waals surface area contributed by atoms with Crippen LogP contribution in [0.15, 0.2) is 10.2 Å². The van der Waals surface area contributed by atoms with Crippen molar-refractivity contribution in [3.8, 4) is 0 Å². The average molecular weight is 346 g/mol. The Bertz CT molecular complexity index is 629. The van der Waals surface area contributed by atoms with Gasteiger partial charge in [0.15, 0.2) is 0 Å². The molecule has 0 aromatic carbocycles. The first-order valence-corrected chi connectivity index (χ1v) is 8.93. The Hall–Kier alpha value is -1.59. The third kappa shape index (κ3) is 3.51. The van der Waals surface area contributed by atoms with Gasteiger partial charge in [-0.25, -0.2) is 4.79 Å². The standard InChI is InChI=1S/C12H18N4O6S/c17-11(14-13-8-3-1-2-4-8)10-6-5-9-7-15(10)12(18)16(9)22-23(19,20)21/h8-10H,1-7H2,(H,19,20,21)/t9-,10-/m0/s1. The van der Waals surface area contributed by atoms with Crippen molar-refractivity contribution in [2.24, 2.45) is 10.2 Å². The average Bonchev–Trinajstić information content (AvgIpc) is 3.08. The van der Waals surface area contributed by atoms with Crippen LogP contribution < -0.4 is 0 Å². The molecule has 3 amide bonds. The smallest absolute Gasteiger partial charge is 0.308 e. The second-order valence-corrected chi connectivity index (χ2v) is 7.01. The SMILES string of the molecule is O=C(N=NC1CCCC1)[C@@H]1CC[C@H]2CN1C(=O)N2OS(=O)(=O)O. The monoisotopic (exact) mass is 346 g/mol. The summed E-state index contributed by atoms with van der Waals surface area (Å²) in [6.45, 7) is 0.156. The van der Waals surface area contributed by atoms with E-state index in [0.29, 0.717) is 17.9 Å². The van der Waals surface area contributed by atoms with Crippen molar-refractivity contribution in [1.29, 1.82) is 0 Å². The molecule has 2 heterocycles. The number of fused-ring (bicyclic) bond motifs is 2. The molecule has 23 heavy (non-hydrogen) atoms. The molecule has 3 rings (SSSR count). The Morgan fingerprint density at radius 2 is 1.91 bits per heavy atom. The van der Waals surface area contributed by atoms with Gasteiger partial charge in [-0.1, -0.05) is 12.8 Å². The molecule has 0 radical (unpaired) electrons. The van der Waals surface area contributed by atoms with Gasteiger partial charge >= 0.3 is 16.4 Å². The number of urea groups is 1. The van der Waals surface area contributed by atoms with Crippen LogP contribution in [0.25, 0.3) is 0 Å². The molecule has 2 aliphatic heterocycles. The maximum Gasteiger partial charge on any atom is 0.418 e. The van der Waals surface area contributed by atoms with Gasteiger partial charge in [-0.15, -0.1) is 9.40 Å². The van der Waals surface area contributed by atoms with Gasteiger partial charge in [-0.2, -0.15) is 18.6 Å². The van der Waals surface area contributed by atoms with Crippen LogP contribution in [0, 0.1) is 0 Å². The number of azo groups is 1. The second kappa shape index (κ2) is 6.13. The normalized spacial score (nSPS) is 29.0. The van der Waals surface area contributed by atoms with Gasteiger partial charge in [0.25, 0.3) is 5.91 Å². The highest BCUT2D eigenvalue weighted by atomic mass is 32.3. The fourth-order valence-electron chi connectivity index (χ4n) is 3.31. The van der Waals surface area contributed by atoms with Gasteiger partial charge in [0.05, 0.1) is 12.1 Å². The van der Waals surface area contributed by atoms with Gasteiger partial charge in [0.2, 0.25) is 0 Å². The van der Waals surface area contributed by atoms with E-state index in [-0.39, 0.29) is 12.6 Å². The topological polar surface area (TPSA) is 129 Å². The van der Waals surface area contributed by atoms with Crippen molar-refractivity contribution in [3.63, 3.8) is 0 Å². The summed E-state index contributed by atoms with van der Waals surface area (Å²) in [6, 6.07) is -1.97. The number of hydrogen-bond donors (Lipinski definition) is 1. The van der Waals surface area contributed by atoms with Crippen LogP contribution >= 0.6 is 0 Å². The van der Waals surface area contributed by atoms with Crippen LogP contribution in [0.2, 0.25) is 0 Å². The summed E-state index contributed by atoms with van der Waals surface area (Å²) < 4.78 is 34.6. The molecule has 1 N–H and O–H groups in total. The number of rotatable bonds is 4. The molecule has 1 saturated carbocycles. The molecule has 128 valence electrons. The van der Waals surface area contributed by atoms with Gasteiger partial charge in [-0.05, 0) is 25.7 Å². The number of hydroxylamine groups is 2. The predicted molar refractivity (Wildman–Crippen MR) is 75.5 cm³/mol. The number of nitrogens with zero attached hydrogens (tertiary/aromatic N) is 4. The highest BCUT2D eigenvalue weighted by Gasteiger charge is 2.49. The van der Waals surface area contributed by atoms with E-state index >= 15 is 0 Å². The van der Waals surface area contributed by atoms with Crippen LogP contribution in [-0.4, -0.2) is 59.5 Å². The quantitative estimate of drug-likeness (QED) is 0.595. The van der Waals surface area contributed by atoms with E-state index in [2.05, 4.69) is 14.5 Å². The maximum atomic E-state index is 12.2. The summed E-state index contributed by atoms with van der Waals surface area (Å²) in [5.41, 5.74) is 0. The van der Waals surface area contributed by atoms with Crippen molar-refractivity contribution in [3.05, 3.63) is 0 Å². The lowest BCUT2D eigenvalue weighted by atomic mass is 10.0. The molecule has 2 saturated heterocycles. The number of carbonyl (C=O) groups is 2. The Labute approximate surface area is 133 Å². The minimum atomic E-state index is -4.79. The summed E-state index contributed by atoms with van der Waals surface area (Å²) in [4.78, 5) is 25.6. The summed E-state index contributed by atoms with van der Waals surface area (Å²) >= 11 is 0. The number of carbonyl (C=O) groups excluding carboxylic acids is 2. The highest BCUT2D eigenvalue weighted by molar-refractivity contribution is 7.80. The van der Waals surface area contributed by atoms with E-state index in [1.807, 2.05) is 0 Å². The number of piperidine rings is 1. The second-order valence-electron chi connectivity index (χ2n) is 6.00. The molecule has 0 unspecified atom stereocenters. The van der Waals surface area contributed by atoms with Crippen LogP contribution in [0.5, 0.6) is 0 Å². The Morgan fingerprint density at radius 3 is 2.57 bits per heavy atom. The van der Waals surface area contributed by atoms with Gasteiger partial charge in [0, 0.05) is 6.54 Å². The molecule has 11 heteroatoms. The molecule has 2 atom stereocenters. The van der Waals surface area contributed by atoms with Crippen molar-refractivity contribution in [1.82, 2.24) is 9.96 Å². The van der Waals surface area contributed by atoms with E-state index in [1.165, 1.54) is 4.90 Å². The van der Waals surface area contributed by atoms with E-state index in [0.717, 1.165) is 25.7 Å². The largest absolute Gasteiger partial charge is 0.418 e. The zero-order valence-corrected chi connectivity index (χ0v) is 13.2. The summed E-state index contributed by atoms with van der Waals surface area (Å²) in [5, 5.41) is 8.39. The molecule has 0 spiro atoms. The fourth-order valence-corrected chi connectivity index (χ4v) is 3.70. The van der Waals surface area contributed by atoms with Crippen LogP contribution in [0.3, 0.4) is 0 Å². The van der Waals surface area contributed by atoms with E-state index in [9.17, 15) is 18.0 Å². The van der Waals surface area contributed by atoms with Crippen LogP contribution in [0.4, 0.5) is 4.79 Å². The van der Waals surface area contributed by atoms with Gasteiger partial charge in [-0.3, -0.25) is 9.35 Å². The number of hydrogen-bond acceptors (Lipinski definition) is 6. The molecular formula is C12H18N4O6S. The molecule has 0 aromatic heterocycles. The molecule has 1 aliphatic carbocycles. The first-order valence-electron chi connectivity index (χ1n) is 7.56. The van der Waals surface area contributed by atoms with E-state index < -0.39 is 34.4 Å². The molecule has 10 nitrogen and oxygen atoms in total. The molecule has 2 bridgehead atoms. The van der Waals surface area contributed by atoms with E-state index in [4.69, 9.17) is 4.55 Å². The summed E-state index contributed by atoms with van der Waals surface area (Å²) in [7, 11) is -4.79. The maximum absolute atomic E-state index is 12.2.